The van der Waals surface area contributed by atoms with Crippen LogP contribution in [0.4, 0.5) is 5.69 Å². The van der Waals surface area contributed by atoms with Gasteiger partial charge in [0.2, 0.25) is 0 Å². The van der Waals surface area contributed by atoms with Crippen molar-refractivity contribution in [3.63, 3.8) is 0 Å². The number of hydrogen-bond donors (Lipinski definition) is 1. The quantitative estimate of drug-likeness (QED) is 0.274. The minimum absolute atomic E-state index is 0.146. The maximum absolute atomic E-state index is 12.0. The summed E-state index contributed by atoms with van der Waals surface area (Å²) in [7, 11) is 0. The predicted molar refractivity (Wildman–Crippen MR) is 98.9 cm³/mol. The van der Waals surface area contributed by atoms with E-state index in [1.807, 2.05) is 0 Å². The number of nitriles is 1. The molecule has 130 valence electrons. The van der Waals surface area contributed by atoms with Gasteiger partial charge in [-0.05, 0) is 23.8 Å². The Bertz CT molecular complexity index is 965. The predicted octanol–water partition coefficient (Wildman–Crippen LogP) is 3.96. The van der Waals surface area contributed by atoms with E-state index in [4.69, 9.17) is 28.5 Å². The lowest BCUT2D eigenvalue weighted by atomic mass is 10.1. The highest BCUT2D eigenvalue weighted by Gasteiger charge is 2.10. The van der Waals surface area contributed by atoms with Crippen LogP contribution in [0.5, 0.6) is 0 Å². The molecule has 0 unspecified atom stereocenters. The monoisotopic (exact) mass is 388 g/mol. The van der Waals surface area contributed by atoms with Crippen LogP contribution in [0.15, 0.2) is 53.1 Å². The number of halogens is 2. The number of amides is 1. The molecule has 7 nitrogen and oxygen atoms in total. The number of nitro benzene ring substituents is 1. The first-order valence-corrected chi connectivity index (χ1v) is 7.81. The fraction of sp³-hybridized carbons (Fsp3) is 0. The fourth-order valence-corrected chi connectivity index (χ4v) is 2.33. The number of non-ortho nitro benzene ring substituents is 1. The Balaban J connectivity index is 2.13. The number of nitrogens with one attached hydrogen (secondary N) is 1. The third kappa shape index (κ3) is 5.14. The number of hydrazone groups is 1. The van der Waals surface area contributed by atoms with Crippen LogP contribution in [0, 0.1) is 21.4 Å². The van der Waals surface area contributed by atoms with E-state index in [2.05, 4.69) is 10.5 Å². The Labute approximate surface area is 158 Å². The lowest BCUT2D eigenvalue weighted by Gasteiger charge is -2.00. The summed E-state index contributed by atoms with van der Waals surface area (Å²) in [5, 5.41) is 24.4. The average Bonchev–Trinajstić information content (AvgIpc) is 2.61. The number of benzene rings is 2. The molecule has 2 aromatic carbocycles. The van der Waals surface area contributed by atoms with E-state index in [0.717, 1.165) is 0 Å². The zero-order valence-electron chi connectivity index (χ0n) is 13.0. The molecule has 0 heterocycles. The van der Waals surface area contributed by atoms with Crippen molar-refractivity contribution in [1.29, 1.82) is 5.26 Å². The number of carbonyl (C=O) groups is 1. The van der Waals surface area contributed by atoms with Crippen LogP contribution in [0.25, 0.3) is 6.08 Å². The second-order valence-electron chi connectivity index (χ2n) is 4.89. The lowest BCUT2D eigenvalue weighted by molar-refractivity contribution is -0.384. The van der Waals surface area contributed by atoms with Crippen molar-refractivity contribution in [2.45, 2.75) is 0 Å². The third-order valence-electron chi connectivity index (χ3n) is 3.09. The maximum Gasteiger partial charge on any atom is 0.282 e. The van der Waals surface area contributed by atoms with Gasteiger partial charge in [-0.1, -0.05) is 41.4 Å². The molecule has 1 amide bonds. The van der Waals surface area contributed by atoms with Crippen LogP contribution >= 0.6 is 23.2 Å². The van der Waals surface area contributed by atoms with Crippen molar-refractivity contribution in [3.8, 4) is 6.07 Å². The Morgan fingerprint density at radius 2 is 2.04 bits per heavy atom. The molecule has 2 rings (SSSR count). The topological polar surface area (TPSA) is 108 Å². The summed E-state index contributed by atoms with van der Waals surface area (Å²) in [5.74, 6) is -0.764. The van der Waals surface area contributed by atoms with Gasteiger partial charge in [0, 0.05) is 22.7 Å². The first-order valence-electron chi connectivity index (χ1n) is 7.05. The summed E-state index contributed by atoms with van der Waals surface area (Å²) in [6.07, 6.45) is 2.53. The minimum atomic E-state index is -0.764. The van der Waals surface area contributed by atoms with Gasteiger partial charge in [-0.15, -0.1) is 0 Å². The number of nitro groups is 1. The molecular weight excluding hydrogens is 379 g/mol. The largest absolute Gasteiger partial charge is 0.282 e. The lowest BCUT2D eigenvalue weighted by Crippen LogP contribution is -2.19. The molecule has 0 aliphatic carbocycles. The van der Waals surface area contributed by atoms with E-state index in [1.54, 1.807) is 18.2 Å². The fourth-order valence-electron chi connectivity index (χ4n) is 1.87. The van der Waals surface area contributed by atoms with Crippen molar-refractivity contribution in [3.05, 3.63) is 79.3 Å². The van der Waals surface area contributed by atoms with Crippen LogP contribution in [0.1, 0.15) is 11.1 Å². The van der Waals surface area contributed by atoms with Crippen LogP contribution in [-0.4, -0.2) is 17.0 Å². The first-order chi connectivity index (χ1) is 12.4. The van der Waals surface area contributed by atoms with Crippen molar-refractivity contribution >= 4 is 47.1 Å². The zero-order chi connectivity index (χ0) is 19.1. The number of carbonyl (C=O) groups excluding carboxylic acids is 1. The number of nitrogens with zero attached hydrogens (tertiary/aromatic N) is 3. The highest BCUT2D eigenvalue weighted by atomic mass is 35.5. The summed E-state index contributed by atoms with van der Waals surface area (Å²) >= 11 is 11.8. The van der Waals surface area contributed by atoms with Crippen molar-refractivity contribution in [1.82, 2.24) is 5.43 Å². The van der Waals surface area contributed by atoms with Crippen LogP contribution in [0.2, 0.25) is 10.0 Å². The molecule has 0 aliphatic rings. The van der Waals surface area contributed by atoms with E-state index in [9.17, 15) is 14.9 Å². The van der Waals surface area contributed by atoms with E-state index in [-0.39, 0.29) is 11.3 Å². The summed E-state index contributed by atoms with van der Waals surface area (Å²) < 4.78 is 0. The molecule has 0 aliphatic heterocycles. The summed E-state index contributed by atoms with van der Waals surface area (Å²) in [4.78, 5) is 22.2. The molecule has 0 atom stereocenters. The maximum atomic E-state index is 12.0. The van der Waals surface area contributed by atoms with Crippen LogP contribution < -0.4 is 5.43 Å². The smallest absolute Gasteiger partial charge is 0.267 e. The molecule has 0 saturated carbocycles. The van der Waals surface area contributed by atoms with Gasteiger partial charge in [-0.25, -0.2) is 5.43 Å². The second kappa shape index (κ2) is 8.76. The highest BCUT2D eigenvalue weighted by molar-refractivity contribution is 6.36. The first kappa shape index (κ1) is 19.1. The number of rotatable bonds is 5. The van der Waals surface area contributed by atoms with Crippen molar-refractivity contribution < 1.29 is 9.72 Å². The second-order valence-corrected chi connectivity index (χ2v) is 5.73. The molecule has 0 spiro atoms. The summed E-state index contributed by atoms with van der Waals surface area (Å²) in [6.45, 7) is 0. The van der Waals surface area contributed by atoms with E-state index >= 15 is 0 Å². The van der Waals surface area contributed by atoms with Gasteiger partial charge in [0.05, 0.1) is 16.2 Å². The third-order valence-corrected chi connectivity index (χ3v) is 3.65. The Morgan fingerprint density at radius 3 is 2.69 bits per heavy atom. The Kier molecular flexibility index (Phi) is 6.44. The summed E-state index contributed by atoms with van der Waals surface area (Å²) in [5.41, 5.74) is 2.66. The van der Waals surface area contributed by atoms with E-state index in [0.29, 0.717) is 21.2 Å². The standard InChI is InChI=1S/C17H10Cl2N4O3/c18-14-5-4-12(16(19)8-14)10-21-22-17(24)13(9-20)6-11-2-1-3-15(7-11)23(25)26/h1-8,10H,(H,22,24). The molecule has 1 N–H and O–H groups in total. The van der Waals surface area contributed by atoms with Gasteiger partial charge in [-0.2, -0.15) is 10.4 Å². The normalized spacial score (nSPS) is 11.2. The van der Waals surface area contributed by atoms with E-state index in [1.165, 1.54) is 42.6 Å². The molecule has 0 radical (unpaired) electrons. The van der Waals surface area contributed by atoms with Crippen LogP contribution in [-0.2, 0) is 4.79 Å². The molecule has 0 bridgehead atoms. The van der Waals surface area contributed by atoms with Crippen molar-refractivity contribution in [2.75, 3.05) is 0 Å². The molecule has 0 aromatic heterocycles. The van der Waals surface area contributed by atoms with Crippen LogP contribution in [0.3, 0.4) is 0 Å². The highest BCUT2D eigenvalue weighted by Crippen LogP contribution is 2.19. The minimum Gasteiger partial charge on any atom is -0.267 e. The van der Waals surface area contributed by atoms with Gasteiger partial charge >= 0.3 is 0 Å². The summed E-state index contributed by atoms with van der Waals surface area (Å²) in [6, 6.07) is 12.0. The van der Waals surface area contributed by atoms with Gasteiger partial charge in [0.15, 0.2) is 0 Å². The van der Waals surface area contributed by atoms with Gasteiger partial charge in [-0.3, -0.25) is 14.9 Å². The zero-order valence-corrected chi connectivity index (χ0v) is 14.5. The van der Waals surface area contributed by atoms with Gasteiger partial charge in [0.1, 0.15) is 11.6 Å². The Morgan fingerprint density at radius 1 is 1.27 bits per heavy atom. The Hall–Kier alpha value is -3.21. The van der Waals surface area contributed by atoms with Gasteiger partial charge in [0.25, 0.3) is 11.6 Å². The van der Waals surface area contributed by atoms with E-state index < -0.39 is 10.8 Å². The van der Waals surface area contributed by atoms with Gasteiger partial charge < -0.3 is 0 Å². The molecule has 0 saturated heterocycles. The van der Waals surface area contributed by atoms with Crippen molar-refractivity contribution in [2.24, 2.45) is 5.10 Å². The molecule has 2 aromatic rings. The molecule has 0 fully saturated rings. The number of hydrogen-bond acceptors (Lipinski definition) is 5. The average molecular weight is 389 g/mol. The molecular formula is C17H10Cl2N4O3. The molecule has 26 heavy (non-hydrogen) atoms. The SMILES string of the molecule is N#CC(=Cc1cccc([N+](=O)[O-])c1)C(=O)NN=Cc1ccc(Cl)cc1Cl. The molecule has 9 heteroatoms.